The third kappa shape index (κ3) is 2.94. The molecule has 114 valence electrons. The largest absolute Gasteiger partial charge is 0.478 e. The normalized spacial score (nSPS) is 12.9. The first-order chi connectivity index (χ1) is 9.53. The molecule has 0 saturated heterocycles. The van der Waals surface area contributed by atoms with Gasteiger partial charge in [0.1, 0.15) is 5.82 Å². The van der Waals surface area contributed by atoms with Crippen LogP contribution >= 0.6 is 0 Å². The number of carbonyl (C=O) groups is 1. The van der Waals surface area contributed by atoms with Gasteiger partial charge in [-0.3, -0.25) is 0 Å². The summed E-state index contributed by atoms with van der Waals surface area (Å²) < 4.78 is 2.08. The zero-order valence-corrected chi connectivity index (χ0v) is 13.7. The van der Waals surface area contributed by atoms with Gasteiger partial charge in [-0.05, 0) is 44.7 Å². The second kappa shape index (κ2) is 4.86. The molecule has 0 aliphatic rings. The molecular formula is C17H24N2O2. The minimum Gasteiger partial charge on any atom is -0.478 e. The fourth-order valence-corrected chi connectivity index (χ4v) is 3.53. The number of nitrogens with zero attached hydrogens (tertiary/aromatic N) is 2. The average molecular weight is 288 g/mol. The SMILES string of the molecule is Cc1nc2cccc(C(=O)O)c2n1C(C)(C)CC(C)(C)C. The lowest BCUT2D eigenvalue weighted by molar-refractivity contribution is 0.0698. The Labute approximate surface area is 125 Å². The minimum atomic E-state index is -0.909. The van der Waals surface area contributed by atoms with Crippen molar-refractivity contribution in [2.24, 2.45) is 5.41 Å². The van der Waals surface area contributed by atoms with Crippen LogP contribution in [0.2, 0.25) is 0 Å². The highest BCUT2D eigenvalue weighted by atomic mass is 16.4. The van der Waals surface area contributed by atoms with E-state index in [-0.39, 0.29) is 11.0 Å². The van der Waals surface area contributed by atoms with Crippen LogP contribution in [-0.2, 0) is 5.54 Å². The number of fused-ring (bicyclic) bond motifs is 1. The zero-order chi connectivity index (χ0) is 16.0. The van der Waals surface area contributed by atoms with Gasteiger partial charge in [-0.2, -0.15) is 0 Å². The van der Waals surface area contributed by atoms with E-state index in [1.807, 2.05) is 13.0 Å². The van der Waals surface area contributed by atoms with Crippen molar-refractivity contribution in [2.75, 3.05) is 0 Å². The zero-order valence-electron chi connectivity index (χ0n) is 13.7. The standard InChI is InChI=1S/C17H24N2O2/c1-11-18-13-9-7-8-12(15(20)21)14(13)19(11)17(5,6)10-16(2,3)4/h7-9H,10H2,1-6H3,(H,20,21). The Morgan fingerprint density at radius 1 is 1.24 bits per heavy atom. The molecule has 2 aromatic rings. The van der Waals surface area contributed by atoms with Crippen LogP contribution in [0.1, 0.15) is 57.2 Å². The highest BCUT2D eigenvalue weighted by Crippen LogP contribution is 2.36. The maximum atomic E-state index is 11.5. The fraction of sp³-hybridized carbons (Fsp3) is 0.529. The highest BCUT2D eigenvalue weighted by molar-refractivity contribution is 6.01. The molecule has 4 nitrogen and oxygen atoms in total. The van der Waals surface area contributed by atoms with Crippen molar-refractivity contribution in [3.63, 3.8) is 0 Å². The Hall–Kier alpha value is -1.84. The van der Waals surface area contributed by atoms with E-state index in [4.69, 9.17) is 0 Å². The van der Waals surface area contributed by atoms with Gasteiger partial charge < -0.3 is 9.67 Å². The smallest absolute Gasteiger partial charge is 0.337 e. The van der Waals surface area contributed by atoms with Crippen LogP contribution < -0.4 is 0 Å². The molecule has 0 amide bonds. The summed E-state index contributed by atoms with van der Waals surface area (Å²) in [4.78, 5) is 16.1. The molecule has 0 saturated carbocycles. The number of imidazole rings is 1. The maximum absolute atomic E-state index is 11.5. The maximum Gasteiger partial charge on any atom is 0.337 e. The number of rotatable bonds is 3. The number of hydrogen-bond acceptors (Lipinski definition) is 2. The molecule has 0 bridgehead atoms. The van der Waals surface area contributed by atoms with Crippen LogP contribution in [0.3, 0.4) is 0 Å². The van der Waals surface area contributed by atoms with Crippen molar-refractivity contribution in [1.82, 2.24) is 9.55 Å². The van der Waals surface area contributed by atoms with Crippen LogP contribution in [0, 0.1) is 12.3 Å². The molecule has 0 aliphatic carbocycles. The lowest BCUT2D eigenvalue weighted by atomic mass is 9.81. The van der Waals surface area contributed by atoms with Crippen molar-refractivity contribution in [3.8, 4) is 0 Å². The van der Waals surface area contributed by atoms with Gasteiger partial charge in [0, 0.05) is 5.54 Å². The van der Waals surface area contributed by atoms with Gasteiger partial charge in [0.25, 0.3) is 0 Å². The summed E-state index contributed by atoms with van der Waals surface area (Å²) in [6, 6.07) is 5.27. The molecule has 0 spiro atoms. The van der Waals surface area contributed by atoms with Gasteiger partial charge >= 0.3 is 5.97 Å². The van der Waals surface area contributed by atoms with Crippen molar-refractivity contribution in [1.29, 1.82) is 0 Å². The van der Waals surface area contributed by atoms with Gasteiger partial charge in [0.05, 0.1) is 16.6 Å². The second-order valence-corrected chi connectivity index (χ2v) is 7.52. The monoisotopic (exact) mass is 288 g/mol. The third-order valence-electron chi connectivity index (χ3n) is 3.64. The Bertz CT molecular complexity index is 691. The number of aromatic carboxylic acids is 1. The molecule has 0 atom stereocenters. The number of hydrogen-bond donors (Lipinski definition) is 1. The quantitative estimate of drug-likeness (QED) is 0.920. The van der Waals surface area contributed by atoms with E-state index >= 15 is 0 Å². The molecule has 0 fully saturated rings. The number of aryl methyl sites for hydroxylation is 1. The number of para-hydroxylation sites is 1. The van der Waals surface area contributed by atoms with E-state index in [0.29, 0.717) is 5.56 Å². The van der Waals surface area contributed by atoms with E-state index in [9.17, 15) is 9.90 Å². The van der Waals surface area contributed by atoms with Crippen molar-refractivity contribution in [3.05, 3.63) is 29.6 Å². The number of carboxylic acid groups (broad SMARTS) is 1. The predicted octanol–water partition coefficient (Wildman–Crippen LogP) is 4.21. The van der Waals surface area contributed by atoms with E-state index in [1.54, 1.807) is 12.1 Å². The third-order valence-corrected chi connectivity index (χ3v) is 3.64. The lowest BCUT2D eigenvalue weighted by Gasteiger charge is -2.35. The van der Waals surface area contributed by atoms with Gasteiger partial charge in [0.15, 0.2) is 0 Å². The van der Waals surface area contributed by atoms with Crippen LogP contribution in [0.15, 0.2) is 18.2 Å². The lowest BCUT2D eigenvalue weighted by Crippen LogP contribution is -2.32. The van der Waals surface area contributed by atoms with E-state index in [2.05, 4.69) is 44.2 Å². The van der Waals surface area contributed by atoms with E-state index in [1.165, 1.54) is 0 Å². The second-order valence-electron chi connectivity index (χ2n) is 7.52. The van der Waals surface area contributed by atoms with Gasteiger partial charge in [-0.15, -0.1) is 0 Å². The number of carboxylic acids is 1. The Morgan fingerprint density at radius 3 is 2.38 bits per heavy atom. The summed E-state index contributed by atoms with van der Waals surface area (Å²) in [6.45, 7) is 12.8. The molecule has 1 N–H and O–H groups in total. The molecular weight excluding hydrogens is 264 g/mol. The molecule has 4 heteroatoms. The molecule has 1 aromatic heterocycles. The molecule has 0 radical (unpaired) electrons. The fourth-order valence-electron chi connectivity index (χ4n) is 3.53. The molecule has 1 heterocycles. The van der Waals surface area contributed by atoms with Crippen molar-refractivity contribution < 1.29 is 9.90 Å². The summed E-state index contributed by atoms with van der Waals surface area (Å²) in [5, 5.41) is 9.47. The predicted molar refractivity (Wildman–Crippen MR) is 84.8 cm³/mol. The summed E-state index contributed by atoms with van der Waals surface area (Å²) in [7, 11) is 0. The van der Waals surface area contributed by atoms with Crippen molar-refractivity contribution >= 4 is 17.0 Å². The number of benzene rings is 1. The number of aromatic nitrogens is 2. The minimum absolute atomic E-state index is 0.144. The molecule has 0 unspecified atom stereocenters. The van der Waals surface area contributed by atoms with E-state index in [0.717, 1.165) is 23.3 Å². The topological polar surface area (TPSA) is 55.1 Å². The Morgan fingerprint density at radius 2 is 1.86 bits per heavy atom. The first-order valence-corrected chi connectivity index (χ1v) is 7.25. The first kappa shape index (κ1) is 15.5. The van der Waals surface area contributed by atoms with Gasteiger partial charge in [-0.1, -0.05) is 26.8 Å². The first-order valence-electron chi connectivity index (χ1n) is 7.25. The van der Waals surface area contributed by atoms with Crippen LogP contribution in [0.25, 0.3) is 11.0 Å². The molecule has 21 heavy (non-hydrogen) atoms. The summed E-state index contributed by atoms with van der Waals surface area (Å²) in [5.41, 5.74) is 1.72. The summed E-state index contributed by atoms with van der Waals surface area (Å²) in [6.07, 6.45) is 0.931. The Balaban J connectivity index is 2.74. The van der Waals surface area contributed by atoms with Crippen LogP contribution in [0.5, 0.6) is 0 Å². The summed E-state index contributed by atoms with van der Waals surface area (Å²) in [5.74, 6) is -0.0544. The molecule has 2 rings (SSSR count). The average Bonchev–Trinajstić information content (AvgIpc) is 2.61. The molecule has 0 aliphatic heterocycles. The Kier molecular flexibility index (Phi) is 3.60. The van der Waals surface area contributed by atoms with E-state index < -0.39 is 5.97 Å². The van der Waals surface area contributed by atoms with Gasteiger partial charge in [-0.25, -0.2) is 9.78 Å². The van der Waals surface area contributed by atoms with Crippen molar-refractivity contribution in [2.45, 2.75) is 53.5 Å². The highest BCUT2D eigenvalue weighted by Gasteiger charge is 2.31. The van der Waals surface area contributed by atoms with Crippen LogP contribution in [0.4, 0.5) is 0 Å². The van der Waals surface area contributed by atoms with Crippen LogP contribution in [-0.4, -0.2) is 20.6 Å². The molecule has 1 aromatic carbocycles. The summed E-state index contributed by atoms with van der Waals surface area (Å²) >= 11 is 0. The van der Waals surface area contributed by atoms with Gasteiger partial charge in [0.2, 0.25) is 0 Å².